The third kappa shape index (κ3) is 3.22. The summed E-state index contributed by atoms with van der Waals surface area (Å²) in [6, 6.07) is 8.31. The largest absolute Gasteiger partial charge is 0.456 e. The summed E-state index contributed by atoms with van der Waals surface area (Å²) < 4.78 is 6.94. The van der Waals surface area contributed by atoms with Gasteiger partial charge in [-0.3, -0.25) is 4.79 Å². The number of nitrogen functional groups attached to an aromatic ring is 1. The molecule has 0 bridgehead atoms. The highest BCUT2D eigenvalue weighted by Gasteiger charge is 2.15. The summed E-state index contributed by atoms with van der Waals surface area (Å²) in [5.74, 6) is -1.05. The van der Waals surface area contributed by atoms with Gasteiger partial charge in [-0.05, 0) is 19.1 Å². The molecule has 1 amide bonds. The van der Waals surface area contributed by atoms with Crippen molar-refractivity contribution in [2.45, 2.75) is 20.1 Å². The first-order valence-electron chi connectivity index (χ1n) is 6.53. The Morgan fingerprint density at radius 1 is 1.29 bits per heavy atom. The lowest BCUT2D eigenvalue weighted by Gasteiger charge is -2.09. The van der Waals surface area contributed by atoms with Crippen molar-refractivity contribution in [2.75, 3.05) is 5.73 Å². The number of nitrogens with zero attached hydrogens (tertiary/aromatic N) is 1. The maximum absolute atomic E-state index is 12.1. The van der Waals surface area contributed by atoms with Crippen LogP contribution in [-0.2, 0) is 17.9 Å². The maximum atomic E-state index is 12.1. The minimum Gasteiger partial charge on any atom is -0.456 e. The highest BCUT2D eigenvalue weighted by atomic mass is 16.5. The van der Waals surface area contributed by atoms with Crippen LogP contribution in [0.3, 0.4) is 0 Å². The molecule has 4 N–H and O–H groups in total. The number of hydrogen-bond acceptors (Lipinski definition) is 4. The van der Waals surface area contributed by atoms with Gasteiger partial charge in [0.15, 0.2) is 0 Å². The van der Waals surface area contributed by atoms with Gasteiger partial charge in [-0.2, -0.15) is 0 Å². The number of esters is 1. The highest BCUT2D eigenvalue weighted by Crippen LogP contribution is 2.14. The number of benzene rings is 1. The molecule has 1 heterocycles. The zero-order valence-corrected chi connectivity index (χ0v) is 11.7. The van der Waals surface area contributed by atoms with Crippen molar-refractivity contribution in [3.8, 4) is 0 Å². The second-order valence-corrected chi connectivity index (χ2v) is 4.54. The molecule has 1 aromatic heterocycles. The number of ether oxygens (including phenoxy) is 1. The molecule has 0 spiro atoms. The zero-order valence-electron chi connectivity index (χ0n) is 11.7. The van der Waals surface area contributed by atoms with Crippen LogP contribution in [0.2, 0.25) is 0 Å². The quantitative estimate of drug-likeness (QED) is 0.815. The van der Waals surface area contributed by atoms with E-state index in [0.717, 1.165) is 0 Å². The second-order valence-electron chi connectivity index (χ2n) is 4.54. The smallest absolute Gasteiger partial charge is 0.355 e. The molecule has 1 aromatic carbocycles. The molecule has 2 aromatic rings. The molecule has 21 heavy (non-hydrogen) atoms. The number of rotatable bonds is 5. The van der Waals surface area contributed by atoms with Crippen LogP contribution in [0, 0.1) is 0 Å². The van der Waals surface area contributed by atoms with Gasteiger partial charge in [0.25, 0.3) is 0 Å². The van der Waals surface area contributed by atoms with Crippen molar-refractivity contribution in [3.63, 3.8) is 0 Å². The SMILES string of the molecule is CCn1cc(N)cc1C(=O)OCc1ccccc1C(N)=O. The number of aromatic nitrogens is 1. The van der Waals surface area contributed by atoms with Crippen molar-refractivity contribution < 1.29 is 14.3 Å². The molecular formula is C15H17N3O3. The number of carbonyl (C=O) groups excluding carboxylic acids is 2. The van der Waals surface area contributed by atoms with Crippen molar-refractivity contribution in [2.24, 2.45) is 5.73 Å². The Kier molecular flexibility index (Phi) is 4.27. The summed E-state index contributed by atoms with van der Waals surface area (Å²) in [5, 5.41) is 0. The van der Waals surface area contributed by atoms with E-state index >= 15 is 0 Å². The lowest BCUT2D eigenvalue weighted by molar-refractivity contribution is 0.0458. The molecule has 6 nitrogen and oxygen atoms in total. The fourth-order valence-corrected chi connectivity index (χ4v) is 2.07. The van der Waals surface area contributed by atoms with E-state index in [1.807, 2.05) is 6.92 Å². The van der Waals surface area contributed by atoms with Crippen LogP contribution in [-0.4, -0.2) is 16.4 Å². The molecule has 2 rings (SSSR count). The van der Waals surface area contributed by atoms with Gasteiger partial charge in [0.1, 0.15) is 12.3 Å². The predicted octanol–water partition coefficient (Wildman–Crippen LogP) is 1.55. The number of carbonyl (C=O) groups is 2. The lowest BCUT2D eigenvalue weighted by Crippen LogP contribution is -2.16. The summed E-state index contributed by atoms with van der Waals surface area (Å²) >= 11 is 0. The Morgan fingerprint density at radius 2 is 2.00 bits per heavy atom. The number of anilines is 1. The summed E-state index contributed by atoms with van der Waals surface area (Å²) in [7, 11) is 0. The summed E-state index contributed by atoms with van der Waals surface area (Å²) in [6.07, 6.45) is 1.67. The summed E-state index contributed by atoms with van der Waals surface area (Å²) in [4.78, 5) is 23.4. The Bertz CT molecular complexity index is 677. The zero-order chi connectivity index (χ0) is 15.4. The first-order chi connectivity index (χ1) is 10.0. The number of nitrogens with two attached hydrogens (primary N) is 2. The van der Waals surface area contributed by atoms with Gasteiger partial charge in [0, 0.05) is 23.9 Å². The van der Waals surface area contributed by atoms with Crippen LogP contribution in [0.4, 0.5) is 5.69 Å². The van der Waals surface area contributed by atoms with E-state index in [1.165, 1.54) is 0 Å². The molecule has 0 aliphatic carbocycles. The van der Waals surface area contributed by atoms with E-state index in [-0.39, 0.29) is 6.61 Å². The van der Waals surface area contributed by atoms with Crippen LogP contribution in [0.1, 0.15) is 33.3 Å². The van der Waals surface area contributed by atoms with Gasteiger partial charge in [-0.15, -0.1) is 0 Å². The summed E-state index contributed by atoms with van der Waals surface area (Å²) in [5.41, 5.74) is 12.8. The minimum absolute atomic E-state index is 0.0211. The fraction of sp³-hybridized carbons (Fsp3) is 0.200. The molecular weight excluding hydrogens is 270 g/mol. The van der Waals surface area contributed by atoms with Crippen LogP contribution in [0.25, 0.3) is 0 Å². The molecule has 0 aliphatic rings. The van der Waals surface area contributed by atoms with Crippen LogP contribution < -0.4 is 11.5 Å². The average Bonchev–Trinajstić information content (AvgIpc) is 2.86. The van der Waals surface area contributed by atoms with E-state index in [0.29, 0.717) is 29.1 Å². The molecule has 110 valence electrons. The topological polar surface area (TPSA) is 100 Å². The van der Waals surface area contributed by atoms with Crippen molar-refractivity contribution in [1.29, 1.82) is 0 Å². The third-order valence-corrected chi connectivity index (χ3v) is 3.11. The maximum Gasteiger partial charge on any atom is 0.355 e. The van der Waals surface area contributed by atoms with E-state index < -0.39 is 11.9 Å². The van der Waals surface area contributed by atoms with Gasteiger partial charge in [-0.25, -0.2) is 4.79 Å². The van der Waals surface area contributed by atoms with Gasteiger partial charge < -0.3 is 20.8 Å². The van der Waals surface area contributed by atoms with E-state index in [9.17, 15) is 9.59 Å². The lowest BCUT2D eigenvalue weighted by atomic mass is 10.1. The first kappa shape index (κ1) is 14.6. The standard InChI is InChI=1S/C15H17N3O3/c1-2-18-8-11(16)7-13(18)15(20)21-9-10-5-3-4-6-12(10)14(17)19/h3-8H,2,9,16H2,1H3,(H2,17,19). The van der Waals surface area contributed by atoms with Gasteiger partial charge in [0.2, 0.25) is 5.91 Å². The molecule has 0 aliphatic heterocycles. The predicted molar refractivity (Wildman–Crippen MR) is 78.6 cm³/mol. The Morgan fingerprint density at radius 3 is 2.67 bits per heavy atom. The van der Waals surface area contributed by atoms with E-state index in [1.54, 1.807) is 41.1 Å². The Hall–Kier alpha value is -2.76. The van der Waals surface area contributed by atoms with Crippen molar-refractivity contribution in [3.05, 3.63) is 53.3 Å². The number of aryl methyl sites for hydroxylation is 1. The normalized spacial score (nSPS) is 10.3. The van der Waals surface area contributed by atoms with Crippen LogP contribution >= 0.6 is 0 Å². The number of primary amides is 1. The molecule has 0 unspecified atom stereocenters. The molecule has 0 radical (unpaired) electrons. The molecule has 0 saturated carbocycles. The summed E-state index contributed by atoms with van der Waals surface area (Å²) in [6.45, 7) is 2.49. The van der Waals surface area contributed by atoms with Gasteiger partial charge >= 0.3 is 5.97 Å². The number of amides is 1. The first-order valence-corrected chi connectivity index (χ1v) is 6.53. The Balaban J connectivity index is 2.13. The third-order valence-electron chi connectivity index (χ3n) is 3.11. The van der Waals surface area contributed by atoms with Crippen LogP contribution in [0.5, 0.6) is 0 Å². The van der Waals surface area contributed by atoms with Gasteiger partial charge in [0.05, 0.1) is 5.69 Å². The number of hydrogen-bond donors (Lipinski definition) is 2. The molecule has 6 heteroatoms. The van der Waals surface area contributed by atoms with E-state index in [4.69, 9.17) is 16.2 Å². The van der Waals surface area contributed by atoms with Crippen molar-refractivity contribution >= 4 is 17.6 Å². The second kappa shape index (κ2) is 6.13. The Labute approximate surface area is 122 Å². The fourth-order valence-electron chi connectivity index (χ4n) is 2.07. The van der Waals surface area contributed by atoms with Crippen molar-refractivity contribution in [1.82, 2.24) is 4.57 Å². The van der Waals surface area contributed by atoms with Gasteiger partial charge in [-0.1, -0.05) is 18.2 Å². The molecule has 0 saturated heterocycles. The van der Waals surface area contributed by atoms with Crippen LogP contribution in [0.15, 0.2) is 36.5 Å². The molecule has 0 atom stereocenters. The van der Waals surface area contributed by atoms with E-state index in [2.05, 4.69) is 0 Å². The average molecular weight is 287 g/mol. The highest BCUT2D eigenvalue weighted by molar-refractivity contribution is 5.94. The monoisotopic (exact) mass is 287 g/mol. The molecule has 0 fully saturated rings. The minimum atomic E-state index is -0.553.